The van der Waals surface area contributed by atoms with Crippen LogP contribution in [0.1, 0.15) is 0 Å². The Hall–Kier alpha value is -2.82. The summed E-state index contributed by atoms with van der Waals surface area (Å²) in [6.45, 7) is 0. The second-order valence-corrected chi connectivity index (χ2v) is 4.30. The first kappa shape index (κ1) is 12.2. The number of halogens is 1. The highest BCUT2D eigenvalue weighted by molar-refractivity contribution is 5.59. The molecule has 0 unspecified atom stereocenters. The van der Waals surface area contributed by atoms with Crippen molar-refractivity contribution in [3.8, 4) is 16.9 Å². The Balaban J connectivity index is 2.04. The lowest BCUT2D eigenvalue weighted by Crippen LogP contribution is -2.34. The molecule has 0 saturated carbocycles. The molecule has 1 aromatic heterocycles. The molecule has 4 nitrogen and oxygen atoms in total. The van der Waals surface area contributed by atoms with Crippen molar-refractivity contribution in [2.45, 2.75) is 0 Å². The Morgan fingerprint density at radius 3 is 2.30 bits per heavy atom. The maximum atomic E-state index is 13.0. The van der Waals surface area contributed by atoms with E-state index >= 15 is 0 Å². The largest absolute Gasteiger partial charge is 0.245 e. The summed E-state index contributed by atoms with van der Waals surface area (Å²) in [5.41, 5.74) is 3.05. The molecule has 0 fully saturated rings. The van der Waals surface area contributed by atoms with Crippen molar-refractivity contribution < 1.29 is 9.07 Å². The number of hydrogen-bond donors (Lipinski definition) is 1. The van der Waals surface area contributed by atoms with Gasteiger partial charge in [0.1, 0.15) is 11.5 Å². The first-order valence-electron chi connectivity index (χ1n) is 6.07. The van der Waals surface area contributed by atoms with Gasteiger partial charge in [-0.05, 0) is 41.6 Å². The SMILES string of the molecule is O=Nc1ccc(-c2cc[nH][n+]2-c2ccc(F)cc2)cc1. The molecular weight excluding hydrogens is 257 g/mol. The van der Waals surface area contributed by atoms with Crippen molar-refractivity contribution in [1.82, 2.24) is 5.10 Å². The molecule has 20 heavy (non-hydrogen) atoms. The Morgan fingerprint density at radius 2 is 1.65 bits per heavy atom. The molecule has 98 valence electrons. The zero-order valence-corrected chi connectivity index (χ0v) is 10.5. The maximum Gasteiger partial charge on any atom is 0.245 e. The van der Waals surface area contributed by atoms with Gasteiger partial charge in [-0.1, -0.05) is 4.68 Å². The number of aromatic amines is 1. The van der Waals surface area contributed by atoms with Gasteiger partial charge in [-0.2, -0.15) is 5.10 Å². The average Bonchev–Trinajstić information content (AvgIpc) is 2.97. The van der Waals surface area contributed by atoms with Gasteiger partial charge in [0.2, 0.25) is 11.4 Å². The summed E-state index contributed by atoms with van der Waals surface area (Å²) in [5.74, 6) is -0.274. The van der Waals surface area contributed by atoms with Crippen LogP contribution in [0.25, 0.3) is 16.9 Å². The van der Waals surface area contributed by atoms with Crippen molar-refractivity contribution in [3.63, 3.8) is 0 Å². The van der Waals surface area contributed by atoms with E-state index in [1.807, 2.05) is 22.9 Å². The van der Waals surface area contributed by atoms with Crippen LogP contribution in [0.4, 0.5) is 10.1 Å². The van der Waals surface area contributed by atoms with E-state index < -0.39 is 0 Å². The summed E-state index contributed by atoms with van der Waals surface area (Å²) in [6.07, 6.45) is 1.80. The van der Waals surface area contributed by atoms with Crippen LogP contribution in [0.5, 0.6) is 0 Å². The first-order chi connectivity index (χ1) is 9.78. The molecule has 0 aliphatic heterocycles. The van der Waals surface area contributed by atoms with E-state index in [9.17, 15) is 9.30 Å². The molecule has 3 rings (SSSR count). The molecule has 0 aliphatic carbocycles. The molecule has 0 radical (unpaired) electrons. The second kappa shape index (κ2) is 5.05. The van der Waals surface area contributed by atoms with Crippen LogP contribution < -0.4 is 4.68 Å². The molecule has 0 atom stereocenters. The number of rotatable bonds is 3. The Labute approximate surface area is 114 Å². The van der Waals surface area contributed by atoms with Crippen LogP contribution in [-0.4, -0.2) is 5.10 Å². The Morgan fingerprint density at radius 1 is 0.950 bits per heavy atom. The molecule has 1 N–H and O–H groups in total. The van der Waals surface area contributed by atoms with Gasteiger partial charge in [-0.3, -0.25) is 0 Å². The number of H-pyrrole nitrogens is 1. The molecule has 0 amide bonds. The predicted octanol–water partition coefficient (Wildman–Crippen LogP) is 3.50. The van der Waals surface area contributed by atoms with E-state index in [4.69, 9.17) is 0 Å². The van der Waals surface area contributed by atoms with Gasteiger partial charge in [-0.25, -0.2) is 4.39 Å². The van der Waals surface area contributed by atoms with Gasteiger partial charge in [0, 0.05) is 23.8 Å². The van der Waals surface area contributed by atoms with Crippen LogP contribution in [0.3, 0.4) is 0 Å². The van der Waals surface area contributed by atoms with Gasteiger partial charge < -0.3 is 0 Å². The van der Waals surface area contributed by atoms with Gasteiger partial charge in [0.05, 0.1) is 6.20 Å². The van der Waals surface area contributed by atoms with Crippen LogP contribution in [0.15, 0.2) is 66.0 Å². The zero-order valence-electron chi connectivity index (χ0n) is 10.5. The van der Waals surface area contributed by atoms with E-state index in [2.05, 4.69) is 10.3 Å². The molecule has 3 aromatic rings. The second-order valence-electron chi connectivity index (χ2n) is 4.30. The third kappa shape index (κ3) is 2.21. The van der Waals surface area contributed by atoms with Gasteiger partial charge in [-0.15, -0.1) is 4.91 Å². The molecule has 2 aromatic carbocycles. The maximum absolute atomic E-state index is 13.0. The highest BCUT2D eigenvalue weighted by Crippen LogP contribution is 2.20. The molecule has 0 aliphatic rings. The Bertz CT molecular complexity index is 733. The lowest BCUT2D eigenvalue weighted by molar-refractivity contribution is -0.644. The van der Waals surface area contributed by atoms with E-state index in [1.165, 1.54) is 12.1 Å². The minimum atomic E-state index is -0.274. The summed E-state index contributed by atoms with van der Waals surface area (Å²) in [4.78, 5) is 10.4. The molecule has 0 saturated heterocycles. The summed E-state index contributed by atoms with van der Waals surface area (Å²) >= 11 is 0. The summed E-state index contributed by atoms with van der Waals surface area (Å²) < 4.78 is 14.8. The summed E-state index contributed by atoms with van der Waals surface area (Å²) in [5, 5.41) is 5.95. The summed E-state index contributed by atoms with van der Waals surface area (Å²) in [6, 6.07) is 15.1. The van der Waals surface area contributed by atoms with Crippen molar-refractivity contribution in [1.29, 1.82) is 0 Å². The van der Waals surface area contributed by atoms with Crippen LogP contribution in [0.2, 0.25) is 0 Å². The topological polar surface area (TPSA) is 49.1 Å². The van der Waals surface area contributed by atoms with E-state index in [1.54, 1.807) is 30.5 Å². The predicted molar refractivity (Wildman–Crippen MR) is 73.2 cm³/mol. The van der Waals surface area contributed by atoms with Crippen LogP contribution in [-0.2, 0) is 0 Å². The van der Waals surface area contributed by atoms with Crippen molar-refractivity contribution >= 4 is 5.69 Å². The van der Waals surface area contributed by atoms with Crippen molar-refractivity contribution in [3.05, 3.63) is 71.5 Å². The zero-order chi connectivity index (χ0) is 13.9. The van der Waals surface area contributed by atoms with Crippen molar-refractivity contribution in [2.75, 3.05) is 0 Å². The molecule has 0 spiro atoms. The summed E-state index contributed by atoms with van der Waals surface area (Å²) in [7, 11) is 0. The number of nitrogens with one attached hydrogen (secondary N) is 1. The van der Waals surface area contributed by atoms with E-state index in [-0.39, 0.29) is 5.82 Å². The minimum absolute atomic E-state index is 0.274. The number of nitroso groups, excluding NO2 is 1. The molecule has 5 heteroatoms. The van der Waals surface area contributed by atoms with E-state index in [0.29, 0.717) is 5.69 Å². The smallest absolute Gasteiger partial charge is 0.207 e. The molecular formula is C15H11FN3O+. The van der Waals surface area contributed by atoms with Crippen LogP contribution >= 0.6 is 0 Å². The molecule has 1 heterocycles. The number of hydrogen-bond acceptors (Lipinski definition) is 2. The standard InChI is InChI=1S/C15H10FN3O/c16-12-3-7-14(8-4-12)19-15(9-10-17-19)11-1-5-13(18-20)6-2-11/h1-10H/p+1. The fraction of sp³-hybridized carbons (Fsp3) is 0. The highest BCUT2D eigenvalue weighted by Gasteiger charge is 2.17. The first-order valence-corrected chi connectivity index (χ1v) is 6.07. The Kier molecular flexibility index (Phi) is 3.09. The van der Waals surface area contributed by atoms with Gasteiger partial charge in [0.15, 0.2) is 0 Å². The quantitative estimate of drug-likeness (QED) is 0.573. The van der Waals surface area contributed by atoms with Gasteiger partial charge in [0.25, 0.3) is 0 Å². The third-order valence-electron chi connectivity index (χ3n) is 3.04. The highest BCUT2D eigenvalue weighted by atomic mass is 19.1. The minimum Gasteiger partial charge on any atom is -0.207 e. The lowest BCUT2D eigenvalue weighted by Gasteiger charge is -1.98. The number of nitrogens with zero attached hydrogens (tertiary/aromatic N) is 2. The fourth-order valence-electron chi connectivity index (χ4n) is 2.06. The molecule has 0 bridgehead atoms. The van der Waals surface area contributed by atoms with Gasteiger partial charge >= 0.3 is 0 Å². The monoisotopic (exact) mass is 268 g/mol. The number of benzene rings is 2. The van der Waals surface area contributed by atoms with E-state index in [0.717, 1.165) is 16.9 Å². The average molecular weight is 268 g/mol. The van der Waals surface area contributed by atoms with Crippen LogP contribution in [0, 0.1) is 10.7 Å². The fourth-order valence-corrected chi connectivity index (χ4v) is 2.06. The van der Waals surface area contributed by atoms with Crippen molar-refractivity contribution in [2.24, 2.45) is 5.18 Å². The third-order valence-corrected chi connectivity index (χ3v) is 3.04. The number of aromatic nitrogens is 2. The lowest BCUT2D eigenvalue weighted by atomic mass is 10.1. The normalized spacial score (nSPS) is 10.4.